The van der Waals surface area contributed by atoms with E-state index in [1.807, 2.05) is 0 Å². The summed E-state index contributed by atoms with van der Waals surface area (Å²) >= 11 is 0. The minimum Gasteiger partial charge on any atom is -0.469 e. The van der Waals surface area contributed by atoms with Crippen LogP contribution in [0.5, 0.6) is 0 Å². The molecule has 1 atom stereocenters. The number of hydrogen-bond donors (Lipinski definition) is 0. The van der Waals surface area contributed by atoms with Gasteiger partial charge >= 0.3 is 5.97 Å². The molecule has 4 nitrogen and oxygen atoms in total. The lowest BCUT2D eigenvalue weighted by Crippen LogP contribution is -2.34. The van der Waals surface area contributed by atoms with Crippen molar-refractivity contribution in [2.75, 3.05) is 20.7 Å². The van der Waals surface area contributed by atoms with Gasteiger partial charge in [-0.15, -0.1) is 0 Å². The fourth-order valence-electron chi connectivity index (χ4n) is 1.67. The van der Waals surface area contributed by atoms with Crippen molar-refractivity contribution in [2.24, 2.45) is 5.92 Å². The van der Waals surface area contributed by atoms with Gasteiger partial charge in [0, 0.05) is 19.2 Å². The molecule has 1 unspecified atom stereocenters. The summed E-state index contributed by atoms with van der Waals surface area (Å²) in [5, 5.41) is 0. The molecule has 0 saturated heterocycles. The highest BCUT2D eigenvalue weighted by Gasteiger charge is 2.21. The Kier molecular flexibility index (Phi) is 5.12. The predicted octanol–water partition coefficient (Wildman–Crippen LogP) is 1.98. The fraction of sp³-hybridized carbons (Fsp3) is 0.385. The maximum Gasteiger partial charge on any atom is 0.310 e. The first-order chi connectivity index (χ1) is 9.27. The van der Waals surface area contributed by atoms with Gasteiger partial charge < -0.3 is 9.64 Å². The highest BCUT2D eigenvalue weighted by atomic mass is 19.2. The van der Waals surface area contributed by atoms with Gasteiger partial charge in [0.1, 0.15) is 0 Å². The van der Waals surface area contributed by atoms with E-state index in [4.69, 9.17) is 0 Å². The van der Waals surface area contributed by atoms with Crippen molar-refractivity contribution >= 4 is 11.9 Å². The van der Waals surface area contributed by atoms with Gasteiger partial charge in [0.05, 0.1) is 13.0 Å². The second-order valence-corrected chi connectivity index (χ2v) is 4.36. The van der Waals surface area contributed by atoms with Crippen LogP contribution in [-0.4, -0.2) is 37.5 Å². The van der Waals surface area contributed by atoms with Gasteiger partial charge in [0.15, 0.2) is 17.5 Å². The van der Waals surface area contributed by atoms with Crippen LogP contribution in [0.4, 0.5) is 13.2 Å². The van der Waals surface area contributed by atoms with Gasteiger partial charge in [-0.2, -0.15) is 0 Å². The van der Waals surface area contributed by atoms with Crippen LogP contribution < -0.4 is 0 Å². The van der Waals surface area contributed by atoms with Crippen LogP contribution in [0.3, 0.4) is 0 Å². The highest BCUT2D eigenvalue weighted by molar-refractivity contribution is 5.94. The van der Waals surface area contributed by atoms with Gasteiger partial charge in [-0.1, -0.05) is 6.92 Å². The maximum atomic E-state index is 13.0. The lowest BCUT2D eigenvalue weighted by Gasteiger charge is -2.20. The average Bonchev–Trinajstić information content (AvgIpc) is 2.42. The number of amides is 1. The Balaban J connectivity index is 2.87. The monoisotopic (exact) mass is 289 g/mol. The van der Waals surface area contributed by atoms with Crippen molar-refractivity contribution in [1.82, 2.24) is 4.90 Å². The molecular formula is C13H14F3NO3. The Labute approximate surface area is 114 Å². The molecule has 1 amide bonds. The molecule has 1 aromatic carbocycles. The summed E-state index contributed by atoms with van der Waals surface area (Å²) in [6.07, 6.45) is 0. The van der Waals surface area contributed by atoms with Crippen LogP contribution in [0.25, 0.3) is 0 Å². The standard InChI is InChI=1S/C13H14F3NO3/c1-7(13(19)20-3)6-17(2)12(18)8-4-9(14)11(16)10(15)5-8/h4-5,7H,6H2,1-3H3. The molecule has 1 rings (SSSR count). The number of methoxy groups -OCH3 is 1. The second kappa shape index (κ2) is 6.40. The lowest BCUT2D eigenvalue weighted by atomic mass is 10.1. The smallest absolute Gasteiger partial charge is 0.310 e. The maximum absolute atomic E-state index is 13.0. The van der Waals surface area contributed by atoms with Crippen LogP contribution in [-0.2, 0) is 9.53 Å². The molecule has 0 aliphatic rings. The van der Waals surface area contributed by atoms with Gasteiger partial charge in [0.2, 0.25) is 0 Å². The number of carbonyl (C=O) groups excluding carboxylic acids is 2. The van der Waals surface area contributed by atoms with Crippen LogP contribution in [0, 0.1) is 23.4 Å². The van der Waals surface area contributed by atoms with Crippen molar-refractivity contribution in [3.8, 4) is 0 Å². The summed E-state index contributed by atoms with van der Waals surface area (Å²) in [5.74, 6) is -6.35. The third-order valence-electron chi connectivity index (χ3n) is 2.73. The van der Waals surface area contributed by atoms with E-state index in [0.29, 0.717) is 12.1 Å². The molecule has 0 saturated carbocycles. The SMILES string of the molecule is COC(=O)C(C)CN(C)C(=O)c1cc(F)c(F)c(F)c1. The zero-order chi connectivity index (χ0) is 15.4. The van der Waals surface area contributed by atoms with Crippen molar-refractivity contribution in [1.29, 1.82) is 0 Å². The van der Waals surface area contributed by atoms with Gasteiger partial charge in [-0.3, -0.25) is 9.59 Å². The number of esters is 1. The predicted molar refractivity (Wildman–Crippen MR) is 64.5 cm³/mol. The van der Waals surface area contributed by atoms with E-state index in [0.717, 1.165) is 4.90 Å². The molecule has 0 radical (unpaired) electrons. The molecule has 0 spiro atoms. The summed E-state index contributed by atoms with van der Waals surface area (Å²) in [4.78, 5) is 24.3. The van der Waals surface area contributed by atoms with Gasteiger partial charge in [0.25, 0.3) is 5.91 Å². The normalized spacial score (nSPS) is 11.9. The van der Waals surface area contributed by atoms with E-state index in [1.165, 1.54) is 14.2 Å². The van der Waals surface area contributed by atoms with E-state index in [9.17, 15) is 22.8 Å². The van der Waals surface area contributed by atoms with Crippen LogP contribution in [0.1, 0.15) is 17.3 Å². The first-order valence-corrected chi connectivity index (χ1v) is 5.75. The first-order valence-electron chi connectivity index (χ1n) is 5.75. The van der Waals surface area contributed by atoms with Crippen LogP contribution in [0.15, 0.2) is 12.1 Å². The van der Waals surface area contributed by atoms with E-state index in [2.05, 4.69) is 4.74 Å². The van der Waals surface area contributed by atoms with Crippen LogP contribution >= 0.6 is 0 Å². The van der Waals surface area contributed by atoms with Crippen LogP contribution in [0.2, 0.25) is 0 Å². The third kappa shape index (κ3) is 3.49. The number of benzene rings is 1. The number of rotatable bonds is 4. The molecule has 0 aliphatic carbocycles. The number of halogens is 3. The van der Waals surface area contributed by atoms with Crippen molar-refractivity contribution in [3.63, 3.8) is 0 Å². The number of carbonyl (C=O) groups is 2. The summed E-state index contributed by atoms with van der Waals surface area (Å²) < 4.78 is 43.4. The highest BCUT2D eigenvalue weighted by Crippen LogP contribution is 2.15. The largest absolute Gasteiger partial charge is 0.469 e. The third-order valence-corrected chi connectivity index (χ3v) is 2.73. The first kappa shape index (κ1) is 16.0. The Morgan fingerprint density at radius 1 is 1.25 bits per heavy atom. The topological polar surface area (TPSA) is 46.6 Å². The molecule has 0 bridgehead atoms. The van der Waals surface area contributed by atoms with E-state index in [1.54, 1.807) is 6.92 Å². The molecule has 0 fully saturated rings. The quantitative estimate of drug-likeness (QED) is 0.629. The zero-order valence-corrected chi connectivity index (χ0v) is 11.2. The number of ether oxygens (including phenoxy) is 1. The summed E-state index contributed by atoms with van der Waals surface area (Å²) in [6, 6.07) is 1.22. The Hall–Kier alpha value is -2.05. The second-order valence-electron chi connectivity index (χ2n) is 4.36. The van der Waals surface area contributed by atoms with E-state index in [-0.39, 0.29) is 12.1 Å². The molecule has 0 aliphatic heterocycles. The molecule has 0 heterocycles. The van der Waals surface area contributed by atoms with Crippen molar-refractivity contribution in [3.05, 3.63) is 35.1 Å². The zero-order valence-electron chi connectivity index (χ0n) is 11.2. The van der Waals surface area contributed by atoms with E-state index < -0.39 is 35.2 Å². The molecule has 110 valence electrons. The minimum atomic E-state index is -1.63. The molecule has 7 heteroatoms. The Bertz CT molecular complexity index is 511. The van der Waals surface area contributed by atoms with Gasteiger partial charge in [-0.05, 0) is 12.1 Å². The van der Waals surface area contributed by atoms with E-state index >= 15 is 0 Å². The number of nitrogens with zero attached hydrogens (tertiary/aromatic N) is 1. The Morgan fingerprint density at radius 3 is 2.20 bits per heavy atom. The molecule has 20 heavy (non-hydrogen) atoms. The molecule has 0 aromatic heterocycles. The fourth-order valence-corrected chi connectivity index (χ4v) is 1.67. The van der Waals surface area contributed by atoms with Crippen molar-refractivity contribution < 1.29 is 27.5 Å². The molecular weight excluding hydrogens is 275 g/mol. The summed E-state index contributed by atoms with van der Waals surface area (Å²) in [6.45, 7) is 1.55. The summed E-state index contributed by atoms with van der Waals surface area (Å²) in [5.41, 5.74) is -0.332. The lowest BCUT2D eigenvalue weighted by molar-refractivity contribution is -0.145. The van der Waals surface area contributed by atoms with Crippen molar-refractivity contribution in [2.45, 2.75) is 6.92 Å². The minimum absolute atomic E-state index is 0.00607. The van der Waals surface area contributed by atoms with Gasteiger partial charge in [-0.25, -0.2) is 13.2 Å². The summed E-state index contributed by atoms with van der Waals surface area (Å²) in [7, 11) is 2.58. The molecule has 1 aromatic rings. The molecule has 0 N–H and O–H groups in total. The Morgan fingerprint density at radius 2 is 1.75 bits per heavy atom. The number of hydrogen-bond acceptors (Lipinski definition) is 3. The average molecular weight is 289 g/mol.